The van der Waals surface area contributed by atoms with Crippen LogP contribution < -0.4 is 14.8 Å². The molecule has 0 saturated heterocycles. The van der Waals surface area contributed by atoms with Crippen LogP contribution in [0.3, 0.4) is 0 Å². The van der Waals surface area contributed by atoms with Crippen LogP contribution in [0, 0.1) is 0 Å². The molecule has 136 valence electrons. The van der Waals surface area contributed by atoms with Crippen LogP contribution in [-0.2, 0) is 9.53 Å². The van der Waals surface area contributed by atoms with Crippen LogP contribution in [0.15, 0.2) is 36.4 Å². The maximum Gasteiger partial charge on any atom is 0.338 e. The third-order valence-electron chi connectivity index (χ3n) is 3.76. The van der Waals surface area contributed by atoms with Gasteiger partial charge in [-0.2, -0.15) is 0 Å². The summed E-state index contributed by atoms with van der Waals surface area (Å²) < 4.78 is 15.4. The van der Waals surface area contributed by atoms with Crippen molar-refractivity contribution in [2.45, 2.75) is 13.0 Å². The number of amides is 1. The monoisotopic (exact) mass is 395 g/mol. The smallest absolute Gasteiger partial charge is 0.338 e. The van der Waals surface area contributed by atoms with E-state index < -0.39 is 18.5 Å². The molecule has 0 fully saturated rings. The maximum absolute atomic E-state index is 12.1. The second kappa shape index (κ2) is 7.85. The van der Waals surface area contributed by atoms with Gasteiger partial charge in [-0.1, -0.05) is 29.3 Å². The number of rotatable bonds is 5. The van der Waals surface area contributed by atoms with Crippen LogP contribution in [0.2, 0.25) is 10.0 Å². The van der Waals surface area contributed by atoms with Crippen LogP contribution in [0.25, 0.3) is 0 Å². The normalized spacial score (nSPS) is 13.2. The fourth-order valence-electron chi connectivity index (χ4n) is 2.39. The van der Waals surface area contributed by atoms with Gasteiger partial charge in [0.1, 0.15) is 0 Å². The second-order valence-corrected chi connectivity index (χ2v) is 6.42. The summed E-state index contributed by atoms with van der Waals surface area (Å²) in [6, 6.07) is 9.45. The van der Waals surface area contributed by atoms with E-state index >= 15 is 0 Å². The number of carbonyl (C=O) groups is 2. The summed E-state index contributed by atoms with van der Waals surface area (Å²) in [5, 5.41) is 3.57. The fraction of sp³-hybridized carbons (Fsp3) is 0.222. The second-order valence-electron chi connectivity index (χ2n) is 5.61. The van der Waals surface area contributed by atoms with E-state index in [1.807, 2.05) is 0 Å². The molecule has 1 aliphatic heterocycles. The standard InChI is InChI=1S/C18H15Cl2NO5/c1-10(11-2-4-13(19)14(20)6-11)21-17(22)8-24-18(23)12-3-5-15-16(7-12)26-9-25-15/h2-7,10H,8-9H2,1H3,(H,21,22)/t10-/m0/s1. The molecule has 2 aromatic rings. The molecule has 1 aliphatic rings. The molecule has 0 aliphatic carbocycles. The first-order chi connectivity index (χ1) is 12.4. The van der Waals surface area contributed by atoms with Gasteiger partial charge in [-0.05, 0) is 42.8 Å². The van der Waals surface area contributed by atoms with E-state index in [2.05, 4.69) is 5.32 Å². The highest BCUT2D eigenvalue weighted by Crippen LogP contribution is 2.32. The molecule has 0 spiro atoms. The van der Waals surface area contributed by atoms with Crippen LogP contribution in [0.1, 0.15) is 28.9 Å². The van der Waals surface area contributed by atoms with Crippen LogP contribution >= 0.6 is 23.2 Å². The van der Waals surface area contributed by atoms with Crippen LogP contribution in [-0.4, -0.2) is 25.3 Å². The Hall–Kier alpha value is -2.44. The lowest BCUT2D eigenvalue weighted by Gasteiger charge is -2.15. The number of fused-ring (bicyclic) bond motifs is 1. The van der Waals surface area contributed by atoms with E-state index in [0.717, 1.165) is 5.56 Å². The number of nitrogens with one attached hydrogen (secondary N) is 1. The molecular formula is C18H15Cl2NO5. The third kappa shape index (κ3) is 4.20. The van der Waals surface area contributed by atoms with Crippen molar-refractivity contribution in [2.75, 3.05) is 13.4 Å². The molecule has 6 nitrogen and oxygen atoms in total. The summed E-state index contributed by atoms with van der Waals surface area (Å²) >= 11 is 11.8. The highest BCUT2D eigenvalue weighted by Gasteiger charge is 2.18. The Labute approximate surface area is 159 Å². The van der Waals surface area contributed by atoms with Gasteiger partial charge in [0.25, 0.3) is 5.91 Å². The number of esters is 1. The minimum atomic E-state index is -0.624. The summed E-state index contributed by atoms with van der Waals surface area (Å²) in [7, 11) is 0. The lowest BCUT2D eigenvalue weighted by atomic mass is 10.1. The van der Waals surface area contributed by atoms with E-state index in [1.165, 1.54) is 6.07 Å². The van der Waals surface area contributed by atoms with Gasteiger partial charge in [0.05, 0.1) is 21.7 Å². The van der Waals surface area contributed by atoms with Gasteiger partial charge in [0, 0.05) is 0 Å². The summed E-state index contributed by atoms with van der Waals surface area (Å²) in [5.74, 6) is -0.0230. The Bertz CT molecular complexity index is 855. The van der Waals surface area contributed by atoms with Gasteiger partial charge >= 0.3 is 5.97 Å². The Kier molecular flexibility index (Phi) is 5.54. The largest absolute Gasteiger partial charge is 0.454 e. The van der Waals surface area contributed by atoms with Gasteiger partial charge in [0.15, 0.2) is 18.1 Å². The number of carbonyl (C=O) groups excluding carboxylic acids is 2. The first-order valence-electron chi connectivity index (χ1n) is 7.75. The zero-order valence-corrected chi connectivity index (χ0v) is 15.3. The summed E-state index contributed by atoms with van der Waals surface area (Å²) in [4.78, 5) is 24.1. The lowest BCUT2D eigenvalue weighted by molar-refractivity contribution is -0.124. The van der Waals surface area contributed by atoms with E-state index in [-0.39, 0.29) is 18.4 Å². The van der Waals surface area contributed by atoms with E-state index in [1.54, 1.807) is 37.3 Å². The minimum absolute atomic E-state index is 0.114. The van der Waals surface area contributed by atoms with Crippen LogP contribution in [0.5, 0.6) is 11.5 Å². The van der Waals surface area contributed by atoms with E-state index in [0.29, 0.717) is 21.5 Å². The van der Waals surface area contributed by atoms with Crippen molar-refractivity contribution in [3.05, 3.63) is 57.6 Å². The average molecular weight is 396 g/mol. The summed E-state index contributed by atoms with van der Waals surface area (Å²) in [5.41, 5.74) is 1.06. The Morgan fingerprint density at radius 2 is 1.88 bits per heavy atom. The number of halogens is 2. The maximum atomic E-state index is 12.1. The van der Waals surface area contributed by atoms with Crippen molar-refractivity contribution in [3.8, 4) is 11.5 Å². The van der Waals surface area contributed by atoms with Crippen LogP contribution in [0.4, 0.5) is 0 Å². The van der Waals surface area contributed by atoms with Crippen molar-refractivity contribution in [1.29, 1.82) is 0 Å². The zero-order valence-electron chi connectivity index (χ0n) is 13.8. The Morgan fingerprint density at radius 1 is 1.12 bits per heavy atom. The van der Waals surface area contributed by atoms with Gasteiger partial charge in [-0.15, -0.1) is 0 Å². The van der Waals surface area contributed by atoms with Crippen molar-refractivity contribution in [3.63, 3.8) is 0 Å². The lowest BCUT2D eigenvalue weighted by Crippen LogP contribution is -2.31. The SMILES string of the molecule is C[C@H](NC(=O)COC(=O)c1ccc2c(c1)OCO2)c1ccc(Cl)c(Cl)c1. The van der Waals surface area contributed by atoms with Gasteiger partial charge < -0.3 is 19.5 Å². The molecule has 0 radical (unpaired) electrons. The highest BCUT2D eigenvalue weighted by molar-refractivity contribution is 6.42. The predicted octanol–water partition coefficient (Wildman–Crippen LogP) is 3.76. The molecule has 0 saturated carbocycles. The third-order valence-corrected chi connectivity index (χ3v) is 4.50. The van der Waals surface area contributed by atoms with Crippen molar-refractivity contribution in [2.24, 2.45) is 0 Å². The minimum Gasteiger partial charge on any atom is -0.454 e. The molecule has 2 aromatic carbocycles. The molecule has 1 heterocycles. The van der Waals surface area contributed by atoms with Crippen molar-refractivity contribution < 1.29 is 23.8 Å². The fourth-order valence-corrected chi connectivity index (χ4v) is 2.69. The van der Waals surface area contributed by atoms with E-state index in [4.69, 9.17) is 37.4 Å². The number of ether oxygens (including phenoxy) is 3. The molecule has 0 bridgehead atoms. The molecule has 8 heteroatoms. The summed E-state index contributed by atoms with van der Waals surface area (Å²) in [6.07, 6.45) is 0. The van der Waals surface area contributed by atoms with Gasteiger partial charge in [-0.25, -0.2) is 4.79 Å². The average Bonchev–Trinajstić information content (AvgIpc) is 3.09. The topological polar surface area (TPSA) is 73.9 Å². The van der Waals surface area contributed by atoms with Crippen molar-refractivity contribution >= 4 is 35.1 Å². The number of benzene rings is 2. The number of hydrogen-bond donors (Lipinski definition) is 1. The Balaban J connectivity index is 1.53. The molecule has 3 rings (SSSR count). The molecule has 0 unspecified atom stereocenters. The highest BCUT2D eigenvalue weighted by atomic mass is 35.5. The molecular weight excluding hydrogens is 381 g/mol. The molecule has 1 amide bonds. The zero-order chi connectivity index (χ0) is 18.7. The predicted molar refractivity (Wildman–Crippen MR) is 95.9 cm³/mol. The Morgan fingerprint density at radius 3 is 2.65 bits per heavy atom. The first kappa shape index (κ1) is 18.4. The molecule has 1 N–H and O–H groups in total. The quantitative estimate of drug-likeness (QED) is 0.780. The summed E-state index contributed by atoms with van der Waals surface area (Å²) in [6.45, 7) is 1.50. The van der Waals surface area contributed by atoms with Gasteiger partial charge in [-0.3, -0.25) is 4.79 Å². The van der Waals surface area contributed by atoms with Crippen molar-refractivity contribution in [1.82, 2.24) is 5.32 Å². The van der Waals surface area contributed by atoms with Gasteiger partial charge in [0.2, 0.25) is 6.79 Å². The molecule has 0 aromatic heterocycles. The molecule has 26 heavy (non-hydrogen) atoms. The van der Waals surface area contributed by atoms with E-state index in [9.17, 15) is 9.59 Å². The molecule has 1 atom stereocenters. The number of hydrogen-bond acceptors (Lipinski definition) is 5. The first-order valence-corrected chi connectivity index (χ1v) is 8.50.